The van der Waals surface area contributed by atoms with Crippen LogP contribution in [-0.2, 0) is 0 Å². The van der Waals surface area contributed by atoms with E-state index in [-0.39, 0.29) is 15.8 Å². The molecule has 1 fully saturated rings. The second-order valence-corrected chi connectivity index (χ2v) is 8.49. The van der Waals surface area contributed by atoms with Gasteiger partial charge < -0.3 is 10.4 Å². The first kappa shape index (κ1) is 19.1. The Bertz CT molecular complexity index is 1290. The number of nitrogens with one attached hydrogen (secondary N) is 1. The predicted octanol–water partition coefficient (Wildman–Crippen LogP) is 3.64. The summed E-state index contributed by atoms with van der Waals surface area (Å²) in [6.07, 6.45) is 4.18. The zero-order chi connectivity index (χ0) is 20.9. The number of fused-ring (bicyclic) bond motifs is 2. The van der Waals surface area contributed by atoms with Gasteiger partial charge in [0.25, 0.3) is 0 Å². The van der Waals surface area contributed by atoms with Crippen molar-refractivity contribution in [1.29, 1.82) is 0 Å². The molecule has 0 amide bonds. The lowest BCUT2D eigenvalue weighted by atomic mass is 10.1. The molecule has 3 N–H and O–H groups in total. The number of nitrogens with zero attached hydrogens (tertiary/aromatic N) is 3. The van der Waals surface area contributed by atoms with Gasteiger partial charge in [-0.2, -0.15) is 4.65 Å². The number of hydrogen-bond acceptors (Lipinski definition) is 5. The molecule has 0 spiro atoms. The summed E-state index contributed by atoms with van der Waals surface area (Å²) in [7, 11) is 0. The molecular weight excluding hydrogens is 380 g/mol. The standard InChI is InChI=1S/C23H26N4O3/c1-15-25-19-8-7-18(24-10-5-13-27(30)11-3-2-4-12-27)21-22(19)26(15)20-9-6-16(28)14-17(20)23(21)29/h6-9,14,30H,2-5,10-13H2,1H3,(H-,24,28,29)/p+1. The molecule has 0 saturated carbocycles. The second kappa shape index (κ2) is 7.11. The summed E-state index contributed by atoms with van der Waals surface area (Å²) in [5.74, 6) is 0.878. The molecule has 2 aromatic carbocycles. The third-order valence-electron chi connectivity index (χ3n) is 6.39. The Morgan fingerprint density at radius 2 is 1.97 bits per heavy atom. The smallest absolute Gasteiger partial charge is 0.199 e. The monoisotopic (exact) mass is 407 g/mol. The zero-order valence-electron chi connectivity index (χ0n) is 17.2. The Balaban J connectivity index is 1.52. The molecule has 2 aromatic heterocycles. The highest BCUT2D eigenvalue weighted by Gasteiger charge is 2.27. The number of hydroxylamine groups is 3. The van der Waals surface area contributed by atoms with Gasteiger partial charge in [0.2, 0.25) is 0 Å². The molecular formula is C23H27N4O3+. The van der Waals surface area contributed by atoms with Gasteiger partial charge in [0, 0.05) is 18.7 Å². The summed E-state index contributed by atoms with van der Waals surface area (Å²) in [5, 5.41) is 25.1. The SMILES string of the molecule is Cc1nc2ccc(NCCC[N+]3(O)CCCCC3)c3c(=O)c4cc(O)ccc4n1c23. The number of likely N-dealkylation sites (tertiary alicyclic amines) is 1. The molecule has 4 aromatic rings. The first-order chi connectivity index (χ1) is 14.5. The number of aryl methyl sites for hydroxylation is 1. The fourth-order valence-electron chi connectivity index (χ4n) is 4.91. The van der Waals surface area contributed by atoms with E-state index in [0.717, 1.165) is 60.4 Å². The van der Waals surface area contributed by atoms with E-state index in [1.807, 2.05) is 23.5 Å². The minimum Gasteiger partial charge on any atom is -0.508 e. The average molecular weight is 407 g/mol. The van der Waals surface area contributed by atoms with Gasteiger partial charge in [-0.15, -0.1) is 0 Å². The lowest BCUT2D eigenvalue weighted by Crippen LogP contribution is -2.49. The topological polar surface area (TPSA) is 86.9 Å². The van der Waals surface area contributed by atoms with Crippen LogP contribution >= 0.6 is 0 Å². The highest BCUT2D eigenvalue weighted by atomic mass is 16.5. The number of imidazole rings is 1. The van der Waals surface area contributed by atoms with Crippen LogP contribution in [0.5, 0.6) is 5.75 Å². The van der Waals surface area contributed by atoms with Crippen LogP contribution in [0.4, 0.5) is 5.69 Å². The van der Waals surface area contributed by atoms with Crippen molar-refractivity contribution in [3.05, 3.63) is 46.4 Å². The zero-order valence-corrected chi connectivity index (χ0v) is 17.2. The Labute approximate surface area is 174 Å². The number of quaternary nitrogens is 1. The molecule has 5 rings (SSSR count). The number of anilines is 1. The Morgan fingerprint density at radius 1 is 1.17 bits per heavy atom. The molecule has 30 heavy (non-hydrogen) atoms. The minimum atomic E-state index is -0.108. The molecule has 1 aliphatic rings. The molecule has 0 atom stereocenters. The molecule has 0 unspecified atom stereocenters. The summed E-state index contributed by atoms with van der Waals surface area (Å²) in [6, 6.07) is 8.73. The van der Waals surface area contributed by atoms with Gasteiger partial charge in [0.15, 0.2) is 5.43 Å². The summed E-state index contributed by atoms with van der Waals surface area (Å²) in [6.45, 7) is 4.97. The third-order valence-corrected chi connectivity index (χ3v) is 6.39. The van der Waals surface area contributed by atoms with E-state index < -0.39 is 0 Å². The molecule has 7 nitrogen and oxygen atoms in total. The molecule has 156 valence electrons. The van der Waals surface area contributed by atoms with Gasteiger partial charge in [-0.25, -0.2) is 10.2 Å². The Morgan fingerprint density at radius 3 is 2.77 bits per heavy atom. The molecule has 0 bridgehead atoms. The Kier molecular flexibility index (Phi) is 4.52. The normalized spacial score (nSPS) is 16.6. The summed E-state index contributed by atoms with van der Waals surface area (Å²) >= 11 is 0. The van der Waals surface area contributed by atoms with Crippen molar-refractivity contribution in [2.24, 2.45) is 0 Å². The fraction of sp³-hybridized carbons (Fsp3) is 0.391. The van der Waals surface area contributed by atoms with E-state index in [9.17, 15) is 15.1 Å². The van der Waals surface area contributed by atoms with Crippen LogP contribution in [0, 0.1) is 6.92 Å². The number of benzene rings is 2. The maximum absolute atomic E-state index is 13.4. The third kappa shape index (κ3) is 3.05. The van der Waals surface area contributed by atoms with Crippen LogP contribution < -0.4 is 10.7 Å². The number of phenolic OH excluding ortho intramolecular Hbond substituents is 1. The van der Waals surface area contributed by atoms with Crippen LogP contribution in [-0.4, -0.2) is 50.5 Å². The van der Waals surface area contributed by atoms with E-state index in [2.05, 4.69) is 10.3 Å². The van der Waals surface area contributed by atoms with Crippen molar-refractivity contribution in [2.45, 2.75) is 32.6 Å². The number of aromatic hydroxyl groups is 1. The van der Waals surface area contributed by atoms with Gasteiger partial charge >= 0.3 is 0 Å². The van der Waals surface area contributed by atoms with Gasteiger partial charge in [0.05, 0.1) is 27.3 Å². The number of rotatable bonds is 5. The van der Waals surface area contributed by atoms with Crippen LogP contribution in [0.1, 0.15) is 31.5 Å². The number of hydrogen-bond donors (Lipinski definition) is 3. The van der Waals surface area contributed by atoms with Gasteiger partial charge in [-0.3, -0.25) is 9.20 Å². The van der Waals surface area contributed by atoms with Gasteiger partial charge in [0.1, 0.15) is 31.2 Å². The highest BCUT2D eigenvalue weighted by molar-refractivity contribution is 6.07. The molecule has 0 radical (unpaired) electrons. The second-order valence-electron chi connectivity index (χ2n) is 8.49. The summed E-state index contributed by atoms with van der Waals surface area (Å²) in [5.41, 5.74) is 3.00. The molecule has 1 saturated heterocycles. The fourth-order valence-corrected chi connectivity index (χ4v) is 4.91. The van der Waals surface area contributed by atoms with Crippen molar-refractivity contribution >= 4 is 33.0 Å². The van der Waals surface area contributed by atoms with E-state index in [1.54, 1.807) is 12.1 Å². The maximum atomic E-state index is 13.4. The minimum absolute atomic E-state index is 0.0727. The summed E-state index contributed by atoms with van der Waals surface area (Å²) < 4.78 is 2.15. The van der Waals surface area contributed by atoms with Crippen molar-refractivity contribution in [2.75, 3.05) is 31.5 Å². The van der Waals surface area contributed by atoms with Crippen LogP contribution in [0.15, 0.2) is 35.1 Å². The first-order valence-corrected chi connectivity index (χ1v) is 10.7. The van der Waals surface area contributed by atoms with Crippen molar-refractivity contribution in [1.82, 2.24) is 9.38 Å². The number of piperidine rings is 1. The van der Waals surface area contributed by atoms with E-state index in [0.29, 0.717) is 23.9 Å². The van der Waals surface area contributed by atoms with Crippen LogP contribution in [0.2, 0.25) is 0 Å². The van der Waals surface area contributed by atoms with Crippen molar-refractivity contribution in [3.63, 3.8) is 0 Å². The van der Waals surface area contributed by atoms with Gasteiger partial charge in [-0.1, -0.05) is 0 Å². The van der Waals surface area contributed by atoms with E-state index in [1.165, 1.54) is 12.5 Å². The van der Waals surface area contributed by atoms with Crippen molar-refractivity contribution < 1.29 is 15.0 Å². The maximum Gasteiger partial charge on any atom is 0.199 e. The number of aromatic nitrogens is 2. The quantitative estimate of drug-likeness (QED) is 0.267. The molecule has 0 aliphatic carbocycles. The van der Waals surface area contributed by atoms with Crippen LogP contribution in [0.25, 0.3) is 27.3 Å². The number of phenols is 1. The highest BCUT2D eigenvalue weighted by Crippen LogP contribution is 2.31. The number of pyridine rings is 1. The molecule has 7 heteroatoms. The predicted molar refractivity (Wildman–Crippen MR) is 118 cm³/mol. The van der Waals surface area contributed by atoms with Crippen molar-refractivity contribution in [3.8, 4) is 5.75 Å². The first-order valence-electron chi connectivity index (χ1n) is 10.7. The lowest BCUT2D eigenvalue weighted by molar-refractivity contribution is -1.10. The van der Waals surface area contributed by atoms with E-state index >= 15 is 0 Å². The lowest BCUT2D eigenvalue weighted by Gasteiger charge is -2.33. The molecule has 1 aliphatic heterocycles. The average Bonchev–Trinajstić information content (AvgIpc) is 3.06. The summed E-state index contributed by atoms with van der Waals surface area (Å²) in [4.78, 5) is 18.0. The Hall–Kier alpha value is -2.90. The van der Waals surface area contributed by atoms with E-state index in [4.69, 9.17) is 0 Å². The molecule has 3 heterocycles. The van der Waals surface area contributed by atoms with Crippen LogP contribution in [0.3, 0.4) is 0 Å². The van der Waals surface area contributed by atoms with Gasteiger partial charge in [-0.05, 0) is 56.5 Å². The largest absolute Gasteiger partial charge is 0.508 e.